The summed E-state index contributed by atoms with van der Waals surface area (Å²) in [5.74, 6) is 0.929. The topological polar surface area (TPSA) is 29.5 Å². The van der Waals surface area contributed by atoms with Crippen molar-refractivity contribution in [3.63, 3.8) is 0 Å². The van der Waals surface area contributed by atoms with Gasteiger partial charge in [-0.1, -0.05) is 29.8 Å². The predicted octanol–water partition coefficient (Wildman–Crippen LogP) is 3.67. The van der Waals surface area contributed by atoms with E-state index < -0.39 is 6.10 Å². The highest BCUT2D eigenvalue weighted by molar-refractivity contribution is 6.31. The third-order valence-electron chi connectivity index (χ3n) is 3.54. The third kappa shape index (κ3) is 2.34. The molecule has 0 saturated carbocycles. The van der Waals surface area contributed by atoms with Crippen LogP contribution in [0.1, 0.15) is 28.4 Å². The van der Waals surface area contributed by atoms with Gasteiger partial charge in [0.05, 0.1) is 6.61 Å². The second-order valence-corrected chi connectivity index (χ2v) is 5.28. The molecule has 2 aromatic carbocycles. The normalized spacial score (nSPS) is 14.9. The number of aliphatic hydroxyl groups excluding tert-OH is 1. The molecule has 3 heteroatoms. The van der Waals surface area contributed by atoms with Gasteiger partial charge in [-0.15, -0.1) is 0 Å². The van der Waals surface area contributed by atoms with Crippen molar-refractivity contribution >= 4 is 11.6 Å². The van der Waals surface area contributed by atoms with Crippen LogP contribution >= 0.6 is 11.6 Å². The number of ether oxygens (including phenoxy) is 1. The van der Waals surface area contributed by atoms with Crippen molar-refractivity contribution in [1.82, 2.24) is 0 Å². The molecule has 0 saturated heterocycles. The highest BCUT2D eigenvalue weighted by Gasteiger charge is 2.17. The SMILES string of the molecule is Cc1ccc(C(O)c2ccc3c(c2)CCO3)cc1Cl. The van der Waals surface area contributed by atoms with E-state index in [-0.39, 0.29) is 0 Å². The Labute approximate surface area is 117 Å². The molecule has 98 valence electrons. The summed E-state index contributed by atoms with van der Waals surface area (Å²) in [4.78, 5) is 0. The lowest BCUT2D eigenvalue weighted by atomic mass is 9.98. The first-order valence-corrected chi connectivity index (χ1v) is 6.72. The summed E-state index contributed by atoms with van der Waals surface area (Å²) in [5, 5.41) is 11.1. The van der Waals surface area contributed by atoms with Crippen LogP contribution in [0.5, 0.6) is 5.75 Å². The number of halogens is 1. The summed E-state index contributed by atoms with van der Waals surface area (Å²) < 4.78 is 5.47. The highest BCUT2D eigenvalue weighted by atomic mass is 35.5. The van der Waals surface area contributed by atoms with E-state index in [1.54, 1.807) is 0 Å². The summed E-state index contributed by atoms with van der Waals surface area (Å²) in [6.45, 7) is 2.68. The van der Waals surface area contributed by atoms with Crippen LogP contribution < -0.4 is 4.74 Å². The van der Waals surface area contributed by atoms with E-state index in [0.29, 0.717) is 5.02 Å². The number of benzene rings is 2. The van der Waals surface area contributed by atoms with Gasteiger partial charge in [-0.25, -0.2) is 0 Å². The Morgan fingerprint density at radius 3 is 2.68 bits per heavy atom. The fourth-order valence-electron chi connectivity index (χ4n) is 2.35. The van der Waals surface area contributed by atoms with Gasteiger partial charge in [0.1, 0.15) is 11.9 Å². The van der Waals surface area contributed by atoms with Crippen molar-refractivity contribution in [3.8, 4) is 5.75 Å². The van der Waals surface area contributed by atoms with Crippen molar-refractivity contribution in [2.75, 3.05) is 6.61 Å². The molecule has 19 heavy (non-hydrogen) atoms. The molecular formula is C16H15ClO2. The average molecular weight is 275 g/mol. The molecule has 0 spiro atoms. The van der Waals surface area contributed by atoms with Crippen molar-refractivity contribution in [1.29, 1.82) is 0 Å². The third-order valence-corrected chi connectivity index (χ3v) is 3.95. The Kier molecular flexibility index (Phi) is 3.21. The molecule has 1 atom stereocenters. The second-order valence-electron chi connectivity index (χ2n) is 4.88. The maximum Gasteiger partial charge on any atom is 0.122 e. The Morgan fingerprint density at radius 1 is 1.16 bits per heavy atom. The summed E-state index contributed by atoms with van der Waals surface area (Å²) in [7, 11) is 0. The summed E-state index contributed by atoms with van der Waals surface area (Å²) in [6.07, 6.45) is 0.258. The number of fused-ring (bicyclic) bond motifs is 1. The number of rotatable bonds is 2. The maximum atomic E-state index is 10.4. The monoisotopic (exact) mass is 274 g/mol. The average Bonchev–Trinajstić information content (AvgIpc) is 2.88. The van der Waals surface area contributed by atoms with Crippen LogP contribution in [-0.2, 0) is 6.42 Å². The minimum absolute atomic E-state index is 0.649. The van der Waals surface area contributed by atoms with E-state index in [1.807, 2.05) is 43.3 Å². The van der Waals surface area contributed by atoms with E-state index >= 15 is 0 Å². The van der Waals surface area contributed by atoms with Crippen LogP contribution in [0.25, 0.3) is 0 Å². The lowest BCUT2D eigenvalue weighted by Gasteiger charge is -2.13. The largest absolute Gasteiger partial charge is 0.493 e. The molecule has 3 rings (SSSR count). The van der Waals surface area contributed by atoms with Crippen LogP contribution in [0.2, 0.25) is 5.02 Å². The molecule has 2 nitrogen and oxygen atoms in total. The van der Waals surface area contributed by atoms with E-state index in [4.69, 9.17) is 16.3 Å². The molecule has 2 aromatic rings. The van der Waals surface area contributed by atoms with Gasteiger partial charge in [0.2, 0.25) is 0 Å². The lowest BCUT2D eigenvalue weighted by Crippen LogP contribution is -2.00. The predicted molar refractivity (Wildman–Crippen MR) is 75.9 cm³/mol. The molecule has 1 heterocycles. The van der Waals surface area contributed by atoms with Gasteiger partial charge < -0.3 is 9.84 Å². The van der Waals surface area contributed by atoms with Crippen LogP contribution in [0, 0.1) is 6.92 Å². The first-order valence-electron chi connectivity index (χ1n) is 6.35. The Morgan fingerprint density at radius 2 is 1.89 bits per heavy atom. The lowest BCUT2D eigenvalue weighted by molar-refractivity contribution is 0.220. The van der Waals surface area contributed by atoms with Crippen molar-refractivity contribution in [3.05, 3.63) is 63.7 Å². The molecule has 0 bridgehead atoms. The zero-order valence-electron chi connectivity index (χ0n) is 10.7. The first kappa shape index (κ1) is 12.5. The van der Waals surface area contributed by atoms with E-state index in [0.717, 1.165) is 41.0 Å². The van der Waals surface area contributed by atoms with Gasteiger partial charge in [0.15, 0.2) is 0 Å². The molecule has 1 N–H and O–H groups in total. The Hall–Kier alpha value is -1.51. The highest BCUT2D eigenvalue weighted by Crippen LogP contribution is 2.31. The van der Waals surface area contributed by atoms with Gasteiger partial charge in [-0.3, -0.25) is 0 Å². The van der Waals surface area contributed by atoms with Gasteiger partial charge >= 0.3 is 0 Å². The van der Waals surface area contributed by atoms with Crippen molar-refractivity contribution in [2.45, 2.75) is 19.4 Å². The molecule has 0 aromatic heterocycles. The minimum atomic E-state index is -0.649. The minimum Gasteiger partial charge on any atom is -0.493 e. The van der Waals surface area contributed by atoms with Gasteiger partial charge in [-0.05, 0) is 47.4 Å². The van der Waals surface area contributed by atoms with Crippen LogP contribution in [0.3, 0.4) is 0 Å². The number of hydrogen-bond donors (Lipinski definition) is 1. The molecule has 1 unspecified atom stereocenters. The maximum absolute atomic E-state index is 10.4. The van der Waals surface area contributed by atoms with E-state index in [9.17, 15) is 5.11 Å². The first-order chi connectivity index (χ1) is 9.15. The van der Waals surface area contributed by atoms with E-state index in [1.165, 1.54) is 0 Å². The van der Waals surface area contributed by atoms with Crippen LogP contribution in [0.15, 0.2) is 36.4 Å². The molecule has 0 aliphatic carbocycles. The number of aliphatic hydroxyl groups is 1. The quantitative estimate of drug-likeness (QED) is 0.905. The number of aryl methyl sites for hydroxylation is 1. The summed E-state index contributed by atoms with van der Waals surface area (Å²) in [6, 6.07) is 11.5. The van der Waals surface area contributed by atoms with Gasteiger partial charge in [0, 0.05) is 11.4 Å². The van der Waals surface area contributed by atoms with Gasteiger partial charge in [0.25, 0.3) is 0 Å². The molecule has 0 radical (unpaired) electrons. The van der Waals surface area contributed by atoms with Gasteiger partial charge in [-0.2, -0.15) is 0 Å². The zero-order valence-corrected chi connectivity index (χ0v) is 11.4. The summed E-state index contributed by atoms with van der Waals surface area (Å²) in [5.41, 5.74) is 3.87. The summed E-state index contributed by atoms with van der Waals surface area (Å²) >= 11 is 6.11. The molecule has 0 fully saturated rings. The molecule has 0 amide bonds. The molecule has 1 aliphatic heterocycles. The van der Waals surface area contributed by atoms with Crippen LogP contribution in [-0.4, -0.2) is 11.7 Å². The molecule has 1 aliphatic rings. The second kappa shape index (κ2) is 4.87. The fraction of sp³-hybridized carbons (Fsp3) is 0.250. The van der Waals surface area contributed by atoms with Crippen molar-refractivity contribution in [2.24, 2.45) is 0 Å². The number of hydrogen-bond acceptors (Lipinski definition) is 2. The molecular weight excluding hydrogens is 260 g/mol. The van der Waals surface area contributed by atoms with Crippen LogP contribution in [0.4, 0.5) is 0 Å². The fourth-order valence-corrected chi connectivity index (χ4v) is 2.54. The van der Waals surface area contributed by atoms with Crippen molar-refractivity contribution < 1.29 is 9.84 Å². The standard InChI is InChI=1S/C16H15ClO2/c1-10-2-3-13(9-14(10)17)16(18)12-4-5-15-11(8-12)6-7-19-15/h2-5,8-9,16,18H,6-7H2,1H3. The Balaban J connectivity index is 1.94. The Bertz CT molecular complexity index is 622. The van der Waals surface area contributed by atoms with E-state index in [2.05, 4.69) is 0 Å². The zero-order chi connectivity index (χ0) is 13.4. The smallest absolute Gasteiger partial charge is 0.122 e.